The second kappa shape index (κ2) is 9.40. The van der Waals surface area contributed by atoms with E-state index in [4.69, 9.17) is 16.3 Å². The number of carbonyl (C=O) groups excluding carboxylic acids is 1. The molecule has 10 nitrogen and oxygen atoms in total. The summed E-state index contributed by atoms with van der Waals surface area (Å²) in [6.45, 7) is 0.277. The number of nitrogens with one attached hydrogen (secondary N) is 2. The number of likely N-dealkylation sites (N-methyl/N-ethyl adjacent to an activating group) is 1. The highest BCUT2D eigenvalue weighted by atomic mass is 35.5. The van der Waals surface area contributed by atoms with Gasteiger partial charge in [0, 0.05) is 31.9 Å². The molecule has 0 bridgehead atoms. The number of anilines is 1. The topological polar surface area (TPSA) is 118 Å². The first-order valence-electron chi connectivity index (χ1n) is 10.2. The number of halogens is 3. The Balaban J connectivity index is 1.71. The second-order valence-electron chi connectivity index (χ2n) is 7.79. The predicted octanol–water partition coefficient (Wildman–Crippen LogP) is 2.57. The molecule has 0 saturated heterocycles. The number of sulfonamides is 1. The lowest BCUT2D eigenvalue weighted by molar-refractivity contribution is 0.0952. The van der Waals surface area contributed by atoms with Gasteiger partial charge in [0.25, 0.3) is 15.9 Å². The molecule has 1 aromatic carbocycles. The maximum absolute atomic E-state index is 15.6. The van der Waals surface area contributed by atoms with Crippen molar-refractivity contribution in [3.8, 4) is 5.88 Å². The molecule has 4 rings (SSSR count). The van der Waals surface area contributed by atoms with Crippen molar-refractivity contribution in [2.45, 2.75) is 24.0 Å². The van der Waals surface area contributed by atoms with Gasteiger partial charge in [-0.05, 0) is 25.2 Å². The highest BCUT2D eigenvalue weighted by molar-refractivity contribution is 7.92. The zero-order valence-corrected chi connectivity index (χ0v) is 20.4. The SMILES string of the molecule is CNC(=O)c1ncn2c1CN(C)[C@H](c1c(F)ccc(NS(=O)(=O)c3cc(Cl)cnc3OC)c1F)C2. The summed E-state index contributed by atoms with van der Waals surface area (Å²) in [7, 11) is -0.0358. The molecule has 3 heterocycles. The molecular weight excluding hydrogens is 506 g/mol. The van der Waals surface area contributed by atoms with Crippen molar-refractivity contribution in [1.29, 1.82) is 0 Å². The summed E-state index contributed by atoms with van der Waals surface area (Å²) >= 11 is 5.88. The third kappa shape index (κ3) is 4.54. The van der Waals surface area contributed by atoms with Crippen LogP contribution < -0.4 is 14.8 Å². The van der Waals surface area contributed by atoms with Gasteiger partial charge in [-0.3, -0.25) is 14.4 Å². The minimum absolute atomic E-state index is 0.0301. The Morgan fingerprint density at radius 1 is 1.29 bits per heavy atom. The largest absolute Gasteiger partial charge is 0.480 e. The van der Waals surface area contributed by atoms with E-state index >= 15 is 4.39 Å². The monoisotopic (exact) mass is 526 g/mol. The summed E-state index contributed by atoms with van der Waals surface area (Å²) in [5.41, 5.74) is 0.0368. The van der Waals surface area contributed by atoms with E-state index in [1.807, 2.05) is 0 Å². The number of pyridine rings is 1. The Hall–Kier alpha value is -3.29. The number of amides is 1. The van der Waals surface area contributed by atoms with Gasteiger partial charge >= 0.3 is 0 Å². The smallest absolute Gasteiger partial charge is 0.271 e. The Morgan fingerprint density at radius 2 is 2.03 bits per heavy atom. The molecule has 3 aromatic rings. The Bertz CT molecular complexity index is 1420. The molecule has 0 fully saturated rings. The van der Waals surface area contributed by atoms with Crippen LogP contribution in [0.3, 0.4) is 0 Å². The number of nitrogens with zero attached hydrogens (tertiary/aromatic N) is 4. The van der Waals surface area contributed by atoms with Gasteiger partial charge in [0.05, 0.1) is 35.9 Å². The van der Waals surface area contributed by atoms with Crippen molar-refractivity contribution >= 4 is 33.2 Å². The molecule has 0 spiro atoms. The first-order chi connectivity index (χ1) is 16.6. The van der Waals surface area contributed by atoms with Gasteiger partial charge in [0.1, 0.15) is 5.82 Å². The molecule has 1 aliphatic heterocycles. The van der Waals surface area contributed by atoms with Crippen molar-refractivity contribution in [2.75, 3.05) is 25.9 Å². The summed E-state index contributed by atoms with van der Waals surface area (Å²) in [6.07, 6.45) is 2.63. The maximum Gasteiger partial charge on any atom is 0.271 e. The van der Waals surface area contributed by atoms with E-state index in [0.717, 1.165) is 18.2 Å². The molecule has 0 unspecified atom stereocenters. The lowest BCUT2D eigenvalue weighted by Crippen LogP contribution is -2.36. The van der Waals surface area contributed by atoms with Crippen molar-refractivity contribution in [3.05, 3.63) is 64.3 Å². The van der Waals surface area contributed by atoms with Crippen LogP contribution in [0.15, 0.2) is 35.6 Å². The van der Waals surface area contributed by atoms with Crippen LogP contribution in [0.25, 0.3) is 0 Å². The normalized spacial score (nSPS) is 16.0. The zero-order valence-electron chi connectivity index (χ0n) is 18.8. The Morgan fingerprint density at radius 3 is 2.71 bits per heavy atom. The molecule has 1 amide bonds. The summed E-state index contributed by atoms with van der Waals surface area (Å²) in [6, 6.07) is 2.28. The van der Waals surface area contributed by atoms with Crippen molar-refractivity contribution < 1.29 is 26.7 Å². The van der Waals surface area contributed by atoms with Crippen LogP contribution in [0.4, 0.5) is 14.5 Å². The van der Waals surface area contributed by atoms with E-state index in [9.17, 15) is 17.6 Å². The second-order valence-corrected chi connectivity index (χ2v) is 9.88. The van der Waals surface area contributed by atoms with E-state index in [-0.39, 0.29) is 41.2 Å². The average Bonchev–Trinajstić information content (AvgIpc) is 3.23. The minimum Gasteiger partial charge on any atom is -0.480 e. The number of hydrogen-bond donors (Lipinski definition) is 2. The standard InChI is InChI=1S/C21H21ClF2N6O4S/c1-25-20(31)19-15-8-29(2)14(9-30(15)10-27-19)17-12(23)4-5-13(18(17)24)28-35(32,33)16-6-11(22)7-26-21(16)34-3/h4-7,10,14,28H,8-9H2,1-3H3,(H,25,31)/t14-/m0/s1. The Kier molecular flexibility index (Phi) is 6.66. The van der Waals surface area contributed by atoms with Crippen LogP contribution in [-0.4, -0.2) is 55.0 Å². The molecule has 0 saturated carbocycles. The summed E-state index contributed by atoms with van der Waals surface area (Å²) < 4.78 is 65.2. The molecule has 35 heavy (non-hydrogen) atoms. The predicted molar refractivity (Wildman–Crippen MR) is 123 cm³/mol. The van der Waals surface area contributed by atoms with Crippen LogP contribution in [0.5, 0.6) is 5.88 Å². The zero-order chi connectivity index (χ0) is 25.5. The number of hydrogen-bond acceptors (Lipinski definition) is 7. The molecule has 0 aliphatic carbocycles. The van der Waals surface area contributed by atoms with Gasteiger partial charge in [0.2, 0.25) is 5.88 Å². The highest BCUT2D eigenvalue weighted by Crippen LogP contribution is 2.36. The third-order valence-electron chi connectivity index (χ3n) is 5.66. The number of ether oxygens (including phenoxy) is 1. The van der Waals surface area contributed by atoms with Crippen molar-refractivity contribution in [1.82, 2.24) is 24.8 Å². The average molecular weight is 527 g/mol. The minimum atomic E-state index is -4.39. The van der Waals surface area contributed by atoms with Gasteiger partial charge in [-0.2, -0.15) is 0 Å². The van der Waals surface area contributed by atoms with E-state index < -0.39 is 38.3 Å². The molecule has 0 radical (unpaired) electrons. The third-order valence-corrected chi connectivity index (χ3v) is 7.23. The number of fused-ring (bicyclic) bond motifs is 1. The Labute approximate surface area is 204 Å². The number of imidazole rings is 1. The van der Waals surface area contributed by atoms with Gasteiger partial charge in [-0.1, -0.05) is 11.6 Å². The van der Waals surface area contributed by atoms with Gasteiger partial charge < -0.3 is 14.6 Å². The van der Waals surface area contributed by atoms with Crippen molar-refractivity contribution in [2.24, 2.45) is 0 Å². The van der Waals surface area contributed by atoms with Crippen LogP contribution in [0.2, 0.25) is 5.02 Å². The van der Waals surface area contributed by atoms with Gasteiger partial charge in [-0.15, -0.1) is 0 Å². The number of rotatable bonds is 6. The van der Waals surface area contributed by atoms with Gasteiger partial charge in [0.15, 0.2) is 16.4 Å². The summed E-state index contributed by atoms with van der Waals surface area (Å²) in [5.74, 6) is -2.53. The fraction of sp³-hybridized carbons (Fsp3) is 0.286. The number of aromatic nitrogens is 3. The van der Waals surface area contributed by atoms with E-state index in [1.165, 1.54) is 26.7 Å². The number of benzene rings is 1. The summed E-state index contributed by atoms with van der Waals surface area (Å²) in [4.78, 5) is 21.2. The fourth-order valence-electron chi connectivity index (χ4n) is 3.93. The molecule has 14 heteroatoms. The van der Waals surface area contributed by atoms with Crippen LogP contribution in [0, 0.1) is 11.6 Å². The van der Waals surface area contributed by atoms with Crippen LogP contribution in [0.1, 0.15) is 27.8 Å². The van der Waals surface area contributed by atoms with Crippen LogP contribution in [-0.2, 0) is 23.1 Å². The molecule has 186 valence electrons. The lowest BCUT2D eigenvalue weighted by atomic mass is 10.0. The summed E-state index contributed by atoms with van der Waals surface area (Å²) in [5, 5.41) is 2.54. The molecule has 2 N–H and O–H groups in total. The van der Waals surface area contributed by atoms with Gasteiger partial charge in [-0.25, -0.2) is 27.2 Å². The highest BCUT2D eigenvalue weighted by Gasteiger charge is 2.34. The van der Waals surface area contributed by atoms with Crippen LogP contribution >= 0.6 is 11.6 Å². The fourth-order valence-corrected chi connectivity index (χ4v) is 5.36. The number of carbonyl (C=O) groups is 1. The van der Waals surface area contributed by atoms with E-state index in [2.05, 4.69) is 20.0 Å². The first kappa shape index (κ1) is 24.8. The first-order valence-corrected chi connectivity index (χ1v) is 12.1. The molecular formula is C21H21ClF2N6O4S. The van der Waals surface area contributed by atoms with E-state index in [0.29, 0.717) is 5.69 Å². The molecule has 1 atom stereocenters. The quantitative estimate of drug-likeness (QED) is 0.507. The molecule has 1 aliphatic rings. The maximum atomic E-state index is 15.6. The van der Waals surface area contributed by atoms with Crippen molar-refractivity contribution in [3.63, 3.8) is 0 Å². The van der Waals surface area contributed by atoms with E-state index in [1.54, 1.807) is 16.5 Å². The number of methoxy groups -OCH3 is 1. The lowest BCUT2D eigenvalue weighted by Gasteiger charge is -2.34. The molecule has 2 aromatic heterocycles.